The van der Waals surface area contributed by atoms with E-state index in [0.717, 1.165) is 10.0 Å². The van der Waals surface area contributed by atoms with E-state index in [-0.39, 0.29) is 11.9 Å². The molecular formula is C16H18BrN5OS. The van der Waals surface area contributed by atoms with Gasteiger partial charge in [0.1, 0.15) is 9.88 Å². The van der Waals surface area contributed by atoms with Crippen LogP contribution < -0.4 is 22.1 Å². The maximum atomic E-state index is 12.1. The molecule has 1 aromatic carbocycles. The molecule has 0 aliphatic rings. The summed E-state index contributed by atoms with van der Waals surface area (Å²) in [6.07, 6.45) is 0. The third kappa shape index (κ3) is 3.60. The number of nitrogens with zero attached hydrogens (tertiary/aromatic N) is 1. The first-order valence-corrected chi connectivity index (χ1v) is 8.58. The number of guanidine groups is 1. The number of carbonyl (C=O) groups is 1. The van der Waals surface area contributed by atoms with Crippen LogP contribution in [0.3, 0.4) is 0 Å². The van der Waals surface area contributed by atoms with E-state index < -0.39 is 0 Å². The summed E-state index contributed by atoms with van der Waals surface area (Å²) < 4.78 is 0.922. The topological polar surface area (TPSA) is 106 Å². The van der Waals surface area contributed by atoms with Crippen LogP contribution in [0.1, 0.15) is 20.8 Å². The number of hydrogen-bond acceptors (Lipinski definition) is 4. The van der Waals surface area contributed by atoms with Crippen molar-refractivity contribution in [2.45, 2.75) is 0 Å². The predicted molar refractivity (Wildman–Crippen MR) is 106 cm³/mol. The number of hydrogen-bond donors (Lipinski definition) is 4. The molecule has 0 aliphatic heterocycles. The summed E-state index contributed by atoms with van der Waals surface area (Å²) in [6, 6.07) is 7.68. The van der Waals surface area contributed by atoms with Crippen molar-refractivity contribution in [3.8, 4) is 0 Å². The zero-order valence-electron chi connectivity index (χ0n) is 13.3. The molecule has 0 saturated heterocycles. The number of thiophene rings is 1. The maximum Gasteiger partial charge on any atom is 0.263 e. The highest BCUT2D eigenvalue weighted by Gasteiger charge is 2.23. The van der Waals surface area contributed by atoms with Gasteiger partial charge in [-0.05, 0) is 23.3 Å². The molecule has 0 radical (unpaired) electrons. The Morgan fingerprint density at radius 2 is 2.12 bits per heavy atom. The van der Waals surface area contributed by atoms with Crippen molar-refractivity contribution in [2.24, 2.45) is 10.7 Å². The van der Waals surface area contributed by atoms with Crippen molar-refractivity contribution >= 4 is 55.4 Å². The summed E-state index contributed by atoms with van der Waals surface area (Å²) in [5.74, 6) is -0.0381. The number of nitrogen functional groups attached to an aromatic ring is 1. The van der Waals surface area contributed by atoms with Crippen LogP contribution in [0.15, 0.2) is 40.3 Å². The van der Waals surface area contributed by atoms with Gasteiger partial charge in [0.05, 0.1) is 5.69 Å². The summed E-state index contributed by atoms with van der Waals surface area (Å²) in [6.45, 7) is 4.14. The second-order valence-electron chi connectivity index (χ2n) is 4.85. The Bertz CT molecular complexity index is 828. The Balaban J connectivity index is 2.59. The zero-order chi connectivity index (χ0) is 17.9. The normalized spacial score (nSPS) is 11.2. The number of aliphatic imine (C=N–C) groups is 1. The number of benzene rings is 1. The van der Waals surface area contributed by atoms with Gasteiger partial charge in [-0.15, -0.1) is 11.3 Å². The maximum absolute atomic E-state index is 12.1. The number of rotatable bonds is 4. The largest absolute Gasteiger partial charge is 0.397 e. The first-order chi connectivity index (χ1) is 11.4. The van der Waals surface area contributed by atoms with E-state index >= 15 is 0 Å². The van der Waals surface area contributed by atoms with E-state index in [4.69, 9.17) is 11.5 Å². The average Bonchev–Trinajstić information content (AvgIpc) is 2.89. The van der Waals surface area contributed by atoms with Gasteiger partial charge >= 0.3 is 0 Å². The highest BCUT2D eigenvalue weighted by atomic mass is 79.9. The first kappa shape index (κ1) is 18.0. The lowest BCUT2D eigenvalue weighted by atomic mass is 9.99. The third-order valence-corrected chi connectivity index (χ3v) is 4.95. The first-order valence-electron chi connectivity index (χ1n) is 6.97. The fourth-order valence-corrected chi connectivity index (χ4v) is 3.61. The van der Waals surface area contributed by atoms with Crippen molar-refractivity contribution in [2.75, 3.05) is 25.1 Å². The van der Waals surface area contributed by atoms with E-state index in [1.54, 1.807) is 14.1 Å². The molecule has 8 heteroatoms. The van der Waals surface area contributed by atoms with E-state index in [1.165, 1.54) is 11.3 Å². The van der Waals surface area contributed by atoms with Crippen LogP contribution in [0, 0.1) is 0 Å². The predicted octanol–water partition coefficient (Wildman–Crippen LogP) is 2.87. The molecular weight excluding hydrogens is 390 g/mol. The number of carbonyl (C=O) groups excluding carboxylic acids is 1. The van der Waals surface area contributed by atoms with Gasteiger partial charge in [0, 0.05) is 24.1 Å². The quantitative estimate of drug-likeness (QED) is 0.461. The van der Waals surface area contributed by atoms with Gasteiger partial charge in [-0.25, -0.2) is 0 Å². The van der Waals surface area contributed by atoms with Crippen molar-refractivity contribution in [3.63, 3.8) is 0 Å². The molecule has 0 aliphatic carbocycles. The molecule has 2 aromatic rings. The second kappa shape index (κ2) is 7.50. The monoisotopic (exact) mass is 407 g/mol. The molecule has 6 N–H and O–H groups in total. The molecule has 24 heavy (non-hydrogen) atoms. The minimum atomic E-state index is -0.263. The summed E-state index contributed by atoms with van der Waals surface area (Å²) in [5, 5.41) is 6.19. The molecule has 0 spiro atoms. The summed E-state index contributed by atoms with van der Waals surface area (Å²) >= 11 is 4.65. The van der Waals surface area contributed by atoms with Gasteiger partial charge in [0.15, 0.2) is 5.96 Å². The van der Waals surface area contributed by atoms with Crippen LogP contribution in [0.2, 0.25) is 0 Å². The van der Waals surface area contributed by atoms with Crippen molar-refractivity contribution in [1.29, 1.82) is 0 Å². The van der Waals surface area contributed by atoms with E-state index in [9.17, 15) is 4.79 Å². The fourth-order valence-electron chi connectivity index (χ4n) is 2.11. The van der Waals surface area contributed by atoms with Crippen LogP contribution in [0.4, 0.5) is 10.7 Å². The lowest BCUT2D eigenvalue weighted by molar-refractivity contribution is 0.0968. The zero-order valence-corrected chi connectivity index (χ0v) is 15.7. The Morgan fingerprint density at radius 3 is 2.71 bits per heavy atom. The third-order valence-electron chi connectivity index (χ3n) is 3.34. The van der Waals surface area contributed by atoms with Gasteiger partial charge in [-0.2, -0.15) is 0 Å². The SMILES string of the molecule is C=C(c1cccc(Br)c1)c1c(NC(N)=NC)sc(C(=O)NC)c1N. The highest BCUT2D eigenvalue weighted by Crippen LogP contribution is 2.42. The molecule has 6 nitrogen and oxygen atoms in total. The van der Waals surface area contributed by atoms with Crippen LogP contribution in [-0.2, 0) is 0 Å². The summed E-state index contributed by atoms with van der Waals surface area (Å²) in [7, 11) is 3.13. The average molecular weight is 408 g/mol. The highest BCUT2D eigenvalue weighted by molar-refractivity contribution is 9.10. The van der Waals surface area contributed by atoms with Crippen LogP contribution >= 0.6 is 27.3 Å². The van der Waals surface area contributed by atoms with Crippen molar-refractivity contribution in [1.82, 2.24) is 5.32 Å². The molecule has 1 heterocycles. The number of nitrogens with two attached hydrogens (primary N) is 2. The molecule has 0 saturated carbocycles. The lowest BCUT2D eigenvalue weighted by Gasteiger charge is -2.11. The van der Waals surface area contributed by atoms with Gasteiger partial charge < -0.3 is 22.1 Å². The second-order valence-corrected chi connectivity index (χ2v) is 6.79. The van der Waals surface area contributed by atoms with Crippen LogP contribution in [0.5, 0.6) is 0 Å². The molecule has 2 rings (SSSR count). The van der Waals surface area contributed by atoms with Gasteiger partial charge in [-0.3, -0.25) is 9.79 Å². The van der Waals surface area contributed by atoms with Gasteiger partial charge in [-0.1, -0.05) is 34.6 Å². The minimum absolute atomic E-state index is 0.225. The minimum Gasteiger partial charge on any atom is -0.397 e. The lowest BCUT2D eigenvalue weighted by Crippen LogP contribution is -2.22. The van der Waals surface area contributed by atoms with E-state index in [1.807, 2.05) is 24.3 Å². The van der Waals surface area contributed by atoms with Gasteiger partial charge in [0.2, 0.25) is 0 Å². The van der Waals surface area contributed by atoms with Gasteiger partial charge in [0.25, 0.3) is 5.91 Å². The molecule has 0 bridgehead atoms. The summed E-state index contributed by atoms with van der Waals surface area (Å²) in [4.78, 5) is 16.3. The number of nitrogens with one attached hydrogen (secondary N) is 2. The molecule has 0 fully saturated rings. The van der Waals surface area contributed by atoms with E-state index in [0.29, 0.717) is 26.7 Å². The Labute approximate surface area is 152 Å². The smallest absolute Gasteiger partial charge is 0.263 e. The number of amides is 1. The number of anilines is 2. The molecule has 0 unspecified atom stereocenters. The van der Waals surface area contributed by atoms with E-state index in [2.05, 4.69) is 38.1 Å². The van der Waals surface area contributed by atoms with Crippen LogP contribution in [-0.4, -0.2) is 26.0 Å². The fraction of sp³-hybridized carbons (Fsp3) is 0.125. The molecule has 1 amide bonds. The summed E-state index contributed by atoms with van der Waals surface area (Å²) in [5.41, 5.74) is 14.6. The Kier molecular flexibility index (Phi) is 5.63. The Hall–Kier alpha value is -2.32. The van der Waals surface area contributed by atoms with Crippen molar-refractivity contribution < 1.29 is 4.79 Å². The van der Waals surface area contributed by atoms with Crippen LogP contribution in [0.25, 0.3) is 5.57 Å². The molecule has 126 valence electrons. The van der Waals surface area contributed by atoms with Crippen molar-refractivity contribution in [3.05, 3.63) is 51.3 Å². The standard InChI is InChI=1S/C16H18BrN5OS/c1-8(9-5-4-6-10(17)7-9)11-12(18)13(14(23)20-2)24-15(11)22-16(19)21-3/h4-7H,1,18H2,2-3H3,(H,20,23)(H3,19,21,22). The number of halogens is 1. The molecule has 0 atom stereocenters. The Morgan fingerprint density at radius 1 is 1.42 bits per heavy atom. The molecule has 1 aromatic heterocycles.